The molecule has 3 heteroatoms. The van der Waals surface area contributed by atoms with E-state index in [1.54, 1.807) is 0 Å². The molecular formula is C17H15NO2. The predicted octanol–water partition coefficient (Wildman–Crippen LogP) is 2.79. The summed E-state index contributed by atoms with van der Waals surface area (Å²) in [5, 5.41) is 5.09. The van der Waals surface area contributed by atoms with Gasteiger partial charge in [0.2, 0.25) is 5.91 Å². The first-order valence-corrected chi connectivity index (χ1v) is 6.94. The number of ketones is 1. The van der Waals surface area contributed by atoms with E-state index in [2.05, 4.69) is 11.4 Å². The average molecular weight is 265 g/mol. The first-order chi connectivity index (χ1) is 9.58. The fourth-order valence-corrected chi connectivity index (χ4v) is 3.80. The molecule has 2 aromatic carbocycles. The highest BCUT2D eigenvalue weighted by molar-refractivity contribution is 6.11. The van der Waals surface area contributed by atoms with Gasteiger partial charge in [0.25, 0.3) is 0 Å². The second-order valence-electron chi connectivity index (χ2n) is 6.07. The zero-order chi connectivity index (χ0) is 13.9. The number of rotatable bonds is 0. The number of Topliss-reactive ketones (excluding diaryl/α,β-unsaturated/α-hetero) is 1. The van der Waals surface area contributed by atoms with E-state index < -0.39 is 5.54 Å². The van der Waals surface area contributed by atoms with E-state index in [0.29, 0.717) is 12.8 Å². The molecule has 0 bridgehead atoms. The van der Waals surface area contributed by atoms with Crippen LogP contribution in [-0.2, 0) is 4.79 Å². The monoisotopic (exact) mass is 265 g/mol. The molecule has 1 heterocycles. The fraction of sp³-hybridized carbons (Fsp3) is 0.294. The summed E-state index contributed by atoms with van der Waals surface area (Å²) < 4.78 is 0. The number of hydrogen-bond acceptors (Lipinski definition) is 2. The Bertz CT molecular complexity index is 765. The maximum atomic E-state index is 12.6. The second kappa shape index (κ2) is 3.69. The third-order valence-corrected chi connectivity index (χ3v) is 4.73. The van der Waals surface area contributed by atoms with Crippen LogP contribution in [0, 0.1) is 0 Å². The van der Waals surface area contributed by atoms with Crippen LogP contribution < -0.4 is 5.32 Å². The van der Waals surface area contributed by atoms with Gasteiger partial charge in [-0.25, -0.2) is 0 Å². The van der Waals surface area contributed by atoms with E-state index in [-0.39, 0.29) is 17.6 Å². The van der Waals surface area contributed by atoms with E-state index in [1.165, 1.54) is 0 Å². The van der Waals surface area contributed by atoms with Gasteiger partial charge < -0.3 is 5.32 Å². The predicted molar refractivity (Wildman–Crippen MR) is 76.8 cm³/mol. The van der Waals surface area contributed by atoms with E-state index >= 15 is 0 Å². The van der Waals surface area contributed by atoms with Crippen molar-refractivity contribution in [1.82, 2.24) is 5.32 Å². The van der Waals surface area contributed by atoms with Crippen LogP contribution in [0.1, 0.15) is 41.6 Å². The molecule has 1 N–H and O–H groups in total. The van der Waals surface area contributed by atoms with E-state index in [0.717, 1.165) is 21.9 Å². The third-order valence-electron chi connectivity index (χ3n) is 4.73. The normalized spacial score (nSPS) is 28.1. The lowest BCUT2D eigenvalue weighted by Gasteiger charge is -2.36. The zero-order valence-corrected chi connectivity index (χ0v) is 11.3. The molecule has 1 fully saturated rings. The van der Waals surface area contributed by atoms with Gasteiger partial charge in [-0.1, -0.05) is 36.4 Å². The molecule has 0 spiro atoms. The molecule has 3 nitrogen and oxygen atoms in total. The first kappa shape index (κ1) is 11.6. The molecule has 0 aromatic heterocycles. The van der Waals surface area contributed by atoms with Crippen LogP contribution in [0.15, 0.2) is 36.4 Å². The van der Waals surface area contributed by atoms with Gasteiger partial charge in [-0.05, 0) is 23.3 Å². The molecule has 1 aliphatic carbocycles. The van der Waals surface area contributed by atoms with Crippen molar-refractivity contribution >= 4 is 22.5 Å². The summed E-state index contributed by atoms with van der Waals surface area (Å²) in [6.45, 7) is 1.98. The quantitative estimate of drug-likeness (QED) is 0.796. The molecule has 1 amide bonds. The first-order valence-electron chi connectivity index (χ1n) is 6.94. The van der Waals surface area contributed by atoms with Crippen molar-refractivity contribution in [3.8, 4) is 0 Å². The van der Waals surface area contributed by atoms with Gasteiger partial charge in [0.1, 0.15) is 0 Å². The Labute approximate surface area is 117 Å². The highest BCUT2D eigenvalue weighted by Gasteiger charge is 2.49. The smallest absolute Gasteiger partial charge is 0.221 e. The van der Waals surface area contributed by atoms with Crippen LogP contribution >= 0.6 is 0 Å². The summed E-state index contributed by atoms with van der Waals surface area (Å²) >= 11 is 0. The number of nitrogens with one attached hydrogen (secondary N) is 1. The lowest BCUT2D eigenvalue weighted by Crippen LogP contribution is -2.46. The summed E-state index contributed by atoms with van der Waals surface area (Å²) in [6, 6.07) is 12.0. The van der Waals surface area contributed by atoms with Crippen LogP contribution in [0.2, 0.25) is 0 Å². The molecule has 1 aliphatic heterocycles. The van der Waals surface area contributed by atoms with E-state index in [9.17, 15) is 9.59 Å². The van der Waals surface area contributed by atoms with E-state index in [1.807, 2.05) is 37.3 Å². The van der Waals surface area contributed by atoms with Gasteiger partial charge in [0.05, 0.1) is 5.54 Å². The number of hydrogen-bond donors (Lipinski definition) is 1. The van der Waals surface area contributed by atoms with Gasteiger partial charge >= 0.3 is 0 Å². The van der Waals surface area contributed by atoms with Gasteiger partial charge in [-0.3, -0.25) is 9.59 Å². The van der Waals surface area contributed by atoms with Crippen molar-refractivity contribution in [2.75, 3.05) is 0 Å². The fourth-order valence-electron chi connectivity index (χ4n) is 3.80. The molecule has 4 rings (SSSR count). The lowest BCUT2D eigenvalue weighted by atomic mass is 9.70. The lowest BCUT2D eigenvalue weighted by molar-refractivity contribution is -0.119. The van der Waals surface area contributed by atoms with Crippen LogP contribution in [0.3, 0.4) is 0 Å². The maximum absolute atomic E-state index is 12.6. The molecule has 2 atom stereocenters. The standard InChI is InChI=1S/C17H15NO2/c1-17-9-14(19)16-11-5-3-2-4-10(11)6-7-12(16)13(17)8-15(20)18-17/h2-7,13H,8-9H2,1H3,(H,18,20)/t13-,17-/m0/s1. The van der Waals surface area contributed by atoms with Crippen molar-refractivity contribution in [1.29, 1.82) is 0 Å². The second-order valence-corrected chi connectivity index (χ2v) is 6.07. The molecule has 1 saturated heterocycles. The number of fused-ring (bicyclic) bond motifs is 5. The molecule has 20 heavy (non-hydrogen) atoms. The number of amides is 1. The Kier molecular flexibility index (Phi) is 2.15. The highest BCUT2D eigenvalue weighted by Crippen LogP contribution is 2.46. The van der Waals surface area contributed by atoms with Crippen molar-refractivity contribution in [2.45, 2.75) is 31.2 Å². The molecule has 0 unspecified atom stereocenters. The zero-order valence-electron chi connectivity index (χ0n) is 11.3. The Balaban J connectivity index is 2.03. The number of carbonyl (C=O) groups is 2. The average Bonchev–Trinajstić information content (AvgIpc) is 2.72. The van der Waals surface area contributed by atoms with Gasteiger partial charge in [-0.15, -0.1) is 0 Å². The van der Waals surface area contributed by atoms with Crippen LogP contribution in [-0.4, -0.2) is 17.2 Å². The largest absolute Gasteiger partial charge is 0.350 e. The third kappa shape index (κ3) is 1.40. The molecule has 2 aromatic rings. The van der Waals surface area contributed by atoms with Crippen molar-refractivity contribution in [2.24, 2.45) is 0 Å². The Morgan fingerprint density at radius 3 is 2.80 bits per heavy atom. The van der Waals surface area contributed by atoms with E-state index in [4.69, 9.17) is 0 Å². The van der Waals surface area contributed by atoms with Crippen molar-refractivity contribution in [3.05, 3.63) is 47.5 Å². The molecular weight excluding hydrogens is 250 g/mol. The minimum atomic E-state index is -0.413. The Morgan fingerprint density at radius 1 is 1.15 bits per heavy atom. The van der Waals surface area contributed by atoms with Crippen LogP contribution in [0.4, 0.5) is 0 Å². The Morgan fingerprint density at radius 2 is 1.95 bits per heavy atom. The summed E-state index contributed by atoms with van der Waals surface area (Å²) in [5.74, 6) is 0.288. The summed E-state index contributed by atoms with van der Waals surface area (Å²) in [6.07, 6.45) is 0.875. The molecule has 100 valence electrons. The Hall–Kier alpha value is -2.16. The molecule has 2 aliphatic rings. The minimum absolute atomic E-state index is 0.0475. The summed E-state index contributed by atoms with van der Waals surface area (Å²) in [4.78, 5) is 24.4. The number of benzene rings is 2. The SMILES string of the molecule is C[C@]12CC(=O)c3c(ccc4ccccc34)[C@@H]1CC(=O)N2. The summed E-state index contributed by atoms with van der Waals surface area (Å²) in [7, 11) is 0. The van der Waals surface area contributed by atoms with Crippen LogP contribution in [0.5, 0.6) is 0 Å². The van der Waals surface area contributed by atoms with Gasteiger partial charge in [-0.2, -0.15) is 0 Å². The van der Waals surface area contributed by atoms with Gasteiger partial charge in [0, 0.05) is 24.3 Å². The molecule has 0 radical (unpaired) electrons. The van der Waals surface area contributed by atoms with Crippen molar-refractivity contribution < 1.29 is 9.59 Å². The maximum Gasteiger partial charge on any atom is 0.221 e. The molecule has 0 saturated carbocycles. The summed E-state index contributed by atoms with van der Waals surface area (Å²) in [5.41, 5.74) is 1.44. The highest BCUT2D eigenvalue weighted by atomic mass is 16.2. The van der Waals surface area contributed by atoms with Crippen LogP contribution in [0.25, 0.3) is 10.8 Å². The van der Waals surface area contributed by atoms with Crippen molar-refractivity contribution in [3.63, 3.8) is 0 Å². The van der Waals surface area contributed by atoms with Gasteiger partial charge in [0.15, 0.2) is 5.78 Å². The minimum Gasteiger partial charge on any atom is -0.350 e. The topological polar surface area (TPSA) is 46.2 Å². The number of carbonyl (C=O) groups excluding carboxylic acids is 2.